The number of nitrogens with two attached hydrogens (primary N) is 1. The molecule has 0 amide bonds. The minimum absolute atomic E-state index is 0. The number of hydrogen-bond donors (Lipinski definition) is 1. The Kier molecular flexibility index (Phi) is 5.10. The first kappa shape index (κ1) is 17.9. The Morgan fingerprint density at radius 3 is 2.65 bits per heavy atom. The Bertz CT molecular complexity index is 809. The zero-order valence-electron chi connectivity index (χ0n) is 12.5. The number of nitrogens with zero attached hydrogens (tertiary/aromatic N) is 3. The van der Waals surface area contributed by atoms with Gasteiger partial charge in [-0.3, -0.25) is 0 Å². The third kappa shape index (κ3) is 3.40. The molecule has 6 nitrogen and oxygen atoms in total. The van der Waals surface area contributed by atoms with Crippen LogP contribution in [0.1, 0.15) is 12.0 Å². The van der Waals surface area contributed by atoms with Crippen LogP contribution < -0.4 is 5.73 Å². The lowest BCUT2D eigenvalue weighted by Crippen LogP contribution is -2.32. The van der Waals surface area contributed by atoms with Crippen LogP contribution in [0.15, 0.2) is 35.5 Å². The molecule has 0 bridgehead atoms. The van der Waals surface area contributed by atoms with Crippen molar-refractivity contribution in [2.45, 2.75) is 24.3 Å². The fraction of sp³-hybridized carbons (Fsp3) is 0.357. The van der Waals surface area contributed by atoms with Crippen molar-refractivity contribution in [3.05, 3.63) is 42.0 Å². The molecular formula is C14H18ClFN4O2S. The van der Waals surface area contributed by atoms with Crippen molar-refractivity contribution in [2.24, 2.45) is 5.73 Å². The fourth-order valence-electron chi connectivity index (χ4n) is 2.50. The predicted octanol–water partition coefficient (Wildman–Crippen LogP) is 1.46. The van der Waals surface area contributed by atoms with Gasteiger partial charge in [-0.2, -0.15) is 9.40 Å². The molecular weight excluding hydrogens is 343 g/mol. The minimum Gasteiger partial charge on any atom is -0.326 e. The zero-order valence-corrected chi connectivity index (χ0v) is 14.1. The molecule has 9 heteroatoms. The molecule has 2 N–H and O–H groups in total. The lowest BCUT2D eigenvalue weighted by molar-refractivity contribution is 0.471. The number of sulfonamides is 1. The molecule has 0 radical (unpaired) electrons. The second-order valence-electron chi connectivity index (χ2n) is 5.49. The van der Waals surface area contributed by atoms with Crippen LogP contribution in [0.5, 0.6) is 0 Å². The van der Waals surface area contributed by atoms with Crippen molar-refractivity contribution < 1.29 is 12.8 Å². The molecule has 1 aromatic carbocycles. The molecule has 1 aromatic heterocycles. The van der Waals surface area contributed by atoms with E-state index in [9.17, 15) is 12.8 Å². The van der Waals surface area contributed by atoms with Crippen LogP contribution in [0.3, 0.4) is 0 Å². The molecule has 1 aliphatic heterocycles. The summed E-state index contributed by atoms with van der Waals surface area (Å²) in [5, 5.41) is 4.03. The lowest BCUT2D eigenvalue weighted by Gasteiger charge is -2.16. The predicted molar refractivity (Wildman–Crippen MR) is 86.9 cm³/mol. The molecule has 0 unspecified atom stereocenters. The van der Waals surface area contributed by atoms with E-state index in [1.165, 1.54) is 21.1 Å². The number of halogens is 2. The van der Waals surface area contributed by atoms with Crippen molar-refractivity contribution in [3.8, 4) is 5.69 Å². The first-order valence-electron chi connectivity index (χ1n) is 6.95. The van der Waals surface area contributed by atoms with Crippen molar-refractivity contribution in [1.82, 2.24) is 14.1 Å². The normalized spacial score (nSPS) is 18.8. The number of benzene rings is 1. The van der Waals surface area contributed by atoms with Crippen LogP contribution >= 0.6 is 12.4 Å². The third-order valence-electron chi connectivity index (χ3n) is 3.70. The Morgan fingerprint density at radius 1 is 1.39 bits per heavy atom. The Balaban J connectivity index is 0.00000192. The van der Waals surface area contributed by atoms with E-state index < -0.39 is 15.8 Å². The van der Waals surface area contributed by atoms with E-state index in [2.05, 4.69) is 5.10 Å². The molecule has 2 heterocycles. The van der Waals surface area contributed by atoms with Crippen LogP contribution in [0, 0.1) is 12.7 Å². The second-order valence-corrected chi connectivity index (χ2v) is 7.43. The molecule has 1 fully saturated rings. The van der Waals surface area contributed by atoms with E-state index in [-0.39, 0.29) is 35.6 Å². The van der Waals surface area contributed by atoms with Gasteiger partial charge in [-0.15, -0.1) is 12.4 Å². The Labute approximate surface area is 140 Å². The van der Waals surface area contributed by atoms with Crippen molar-refractivity contribution >= 4 is 22.4 Å². The number of hydrogen-bond acceptors (Lipinski definition) is 4. The zero-order chi connectivity index (χ0) is 15.9. The van der Waals surface area contributed by atoms with Gasteiger partial charge in [0.25, 0.3) is 0 Å². The highest BCUT2D eigenvalue weighted by molar-refractivity contribution is 7.89. The quantitative estimate of drug-likeness (QED) is 0.898. The van der Waals surface area contributed by atoms with Crippen LogP contribution in [0.2, 0.25) is 0 Å². The van der Waals surface area contributed by atoms with Gasteiger partial charge < -0.3 is 5.73 Å². The average Bonchev–Trinajstić information content (AvgIpc) is 3.08. The van der Waals surface area contributed by atoms with Gasteiger partial charge in [0, 0.05) is 25.3 Å². The summed E-state index contributed by atoms with van der Waals surface area (Å²) in [6.45, 7) is 2.48. The van der Waals surface area contributed by atoms with E-state index in [1.807, 2.05) is 6.92 Å². The molecule has 1 aliphatic rings. The van der Waals surface area contributed by atoms with Gasteiger partial charge in [-0.25, -0.2) is 17.5 Å². The van der Waals surface area contributed by atoms with Crippen LogP contribution in [-0.4, -0.2) is 41.6 Å². The largest absolute Gasteiger partial charge is 0.326 e. The number of aryl methyl sites for hydroxylation is 1. The van der Waals surface area contributed by atoms with Gasteiger partial charge in [0.1, 0.15) is 11.5 Å². The molecule has 126 valence electrons. The molecule has 0 spiro atoms. The summed E-state index contributed by atoms with van der Waals surface area (Å²) in [4.78, 5) is -0.0632. The van der Waals surface area contributed by atoms with Gasteiger partial charge >= 0.3 is 0 Å². The monoisotopic (exact) mass is 360 g/mol. The van der Waals surface area contributed by atoms with E-state index >= 15 is 0 Å². The van der Waals surface area contributed by atoms with Gasteiger partial charge in [-0.1, -0.05) is 0 Å². The fourth-order valence-corrected chi connectivity index (χ4v) is 4.02. The second kappa shape index (κ2) is 6.56. The van der Waals surface area contributed by atoms with E-state index in [1.54, 1.807) is 12.4 Å². The summed E-state index contributed by atoms with van der Waals surface area (Å²) < 4.78 is 41.9. The summed E-state index contributed by atoms with van der Waals surface area (Å²) >= 11 is 0. The first-order chi connectivity index (χ1) is 10.4. The van der Waals surface area contributed by atoms with Gasteiger partial charge in [0.15, 0.2) is 0 Å². The molecule has 1 atom stereocenters. The summed E-state index contributed by atoms with van der Waals surface area (Å²) in [7, 11) is -3.70. The Hall–Kier alpha value is -1.48. The van der Waals surface area contributed by atoms with E-state index in [0.29, 0.717) is 13.0 Å². The highest BCUT2D eigenvalue weighted by Crippen LogP contribution is 2.23. The smallest absolute Gasteiger partial charge is 0.243 e. The average molecular weight is 361 g/mol. The van der Waals surface area contributed by atoms with Crippen molar-refractivity contribution in [2.75, 3.05) is 13.1 Å². The first-order valence-corrected chi connectivity index (χ1v) is 8.39. The van der Waals surface area contributed by atoms with E-state index in [0.717, 1.165) is 11.6 Å². The van der Waals surface area contributed by atoms with Crippen molar-refractivity contribution in [1.29, 1.82) is 0 Å². The third-order valence-corrected chi connectivity index (χ3v) is 5.56. The van der Waals surface area contributed by atoms with Gasteiger partial charge in [0.05, 0.1) is 11.1 Å². The topological polar surface area (TPSA) is 81.2 Å². The molecule has 0 aliphatic carbocycles. The van der Waals surface area contributed by atoms with Crippen LogP contribution in [-0.2, 0) is 10.0 Å². The summed E-state index contributed by atoms with van der Waals surface area (Å²) in [6.07, 6.45) is 3.90. The van der Waals surface area contributed by atoms with Crippen LogP contribution in [0.25, 0.3) is 5.69 Å². The standard InChI is InChI=1S/C14H17FN4O2S.ClH/c1-10-7-17-19(8-10)14-3-2-12(6-13(14)15)22(20,21)18-5-4-11(16)9-18;/h2-3,6-8,11H,4-5,9,16H2,1H3;1H/t11-;/m1./s1. The molecule has 3 rings (SSSR count). The summed E-state index contributed by atoms with van der Waals surface area (Å²) in [5.41, 5.74) is 6.84. The molecule has 0 saturated carbocycles. The van der Waals surface area contributed by atoms with Crippen molar-refractivity contribution in [3.63, 3.8) is 0 Å². The van der Waals surface area contributed by atoms with Gasteiger partial charge in [-0.05, 0) is 37.1 Å². The highest BCUT2D eigenvalue weighted by atomic mass is 35.5. The van der Waals surface area contributed by atoms with Crippen LogP contribution in [0.4, 0.5) is 4.39 Å². The van der Waals surface area contributed by atoms with E-state index in [4.69, 9.17) is 5.73 Å². The Morgan fingerprint density at radius 2 is 2.13 bits per heavy atom. The maximum Gasteiger partial charge on any atom is 0.243 e. The number of aromatic nitrogens is 2. The summed E-state index contributed by atoms with van der Waals surface area (Å²) in [6, 6.07) is 3.69. The lowest BCUT2D eigenvalue weighted by atomic mass is 10.3. The summed E-state index contributed by atoms with van der Waals surface area (Å²) in [5.74, 6) is -0.632. The SMILES string of the molecule is Cc1cnn(-c2ccc(S(=O)(=O)N3CC[C@@H](N)C3)cc2F)c1.Cl. The highest BCUT2D eigenvalue weighted by Gasteiger charge is 2.31. The maximum atomic E-state index is 14.3. The van der Waals surface area contributed by atoms with Gasteiger partial charge in [0.2, 0.25) is 10.0 Å². The minimum atomic E-state index is -3.70. The number of rotatable bonds is 3. The molecule has 23 heavy (non-hydrogen) atoms. The maximum absolute atomic E-state index is 14.3. The molecule has 2 aromatic rings. The molecule has 1 saturated heterocycles.